The summed E-state index contributed by atoms with van der Waals surface area (Å²) in [5, 5.41) is 1.19. The highest BCUT2D eigenvalue weighted by Crippen LogP contribution is 2.26. The number of hydrogen-bond acceptors (Lipinski definition) is 3. The maximum Gasteiger partial charge on any atom is 0.244 e. The smallest absolute Gasteiger partial charge is 0.244 e. The van der Waals surface area contributed by atoms with Crippen LogP contribution in [-0.4, -0.2) is 44.9 Å². The van der Waals surface area contributed by atoms with E-state index >= 15 is 0 Å². The number of alkyl halides is 1. The summed E-state index contributed by atoms with van der Waals surface area (Å²) in [7, 11) is -2.18. The summed E-state index contributed by atoms with van der Waals surface area (Å²) in [6, 6.07) is 4.35. The van der Waals surface area contributed by atoms with Crippen molar-refractivity contribution in [2.75, 3.05) is 32.1 Å². The molecule has 1 aromatic carbocycles. The second kappa shape index (κ2) is 7.81. The average Bonchev–Trinajstić information content (AvgIpc) is 2.37. The van der Waals surface area contributed by atoms with Gasteiger partial charge in [-0.3, -0.25) is 0 Å². The number of hydrogen-bond donors (Lipinski definition) is 0. The van der Waals surface area contributed by atoms with Gasteiger partial charge >= 0.3 is 0 Å². The monoisotopic (exact) mass is 389 g/mol. The molecule has 0 bridgehead atoms. The summed E-state index contributed by atoms with van der Waals surface area (Å²) in [4.78, 5) is 0.00431. The average molecular weight is 391 g/mol. The lowest BCUT2D eigenvalue weighted by atomic mass is 10.4. The van der Waals surface area contributed by atoms with E-state index < -0.39 is 10.0 Å². The molecule has 0 heterocycles. The molecule has 0 aliphatic carbocycles. The van der Waals surface area contributed by atoms with Gasteiger partial charge in [0.15, 0.2) is 0 Å². The molecule has 108 valence electrons. The van der Waals surface area contributed by atoms with Gasteiger partial charge in [-0.05, 0) is 18.2 Å². The molecule has 0 aromatic heterocycles. The summed E-state index contributed by atoms with van der Waals surface area (Å²) < 4.78 is 31.0. The van der Waals surface area contributed by atoms with Gasteiger partial charge < -0.3 is 4.74 Å². The summed E-state index contributed by atoms with van der Waals surface area (Å²) in [5.74, 6) is 0. The molecule has 0 amide bonds. The minimum absolute atomic E-state index is 0.00431. The Labute approximate surface area is 131 Å². The van der Waals surface area contributed by atoms with Crippen molar-refractivity contribution in [1.29, 1.82) is 0 Å². The van der Waals surface area contributed by atoms with Crippen LogP contribution in [0.5, 0.6) is 0 Å². The molecule has 0 saturated carbocycles. The van der Waals surface area contributed by atoms with E-state index in [0.717, 1.165) is 0 Å². The van der Waals surface area contributed by atoms with E-state index in [0.29, 0.717) is 23.6 Å². The van der Waals surface area contributed by atoms with Crippen LogP contribution in [0, 0.1) is 0 Å². The zero-order chi connectivity index (χ0) is 14.5. The summed E-state index contributed by atoms with van der Waals surface area (Å²) >= 11 is 14.9. The van der Waals surface area contributed by atoms with E-state index in [2.05, 4.69) is 15.9 Å². The Balaban J connectivity index is 2.82. The fourth-order valence-corrected chi connectivity index (χ4v) is 3.43. The molecular formula is C11H14BrCl2NO3S. The van der Waals surface area contributed by atoms with E-state index in [1.54, 1.807) is 6.07 Å². The van der Waals surface area contributed by atoms with E-state index in [-0.39, 0.29) is 16.5 Å². The van der Waals surface area contributed by atoms with Gasteiger partial charge in [-0.1, -0.05) is 39.1 Å². The largest absolute Gasteiger partial charge is 0.379 e. The number of benzene rings is 1. The zero-order valence-corrected chi connectivity index (χ0v) is 14.2. The number of nitrogens with zero attached hydrogens (tertiary/aromatic N) is 1. The third-order valence-electron chi connectivity index (χ3n) is 2.35. The Kier molecular flexibility index (Phi) is 7.07. The van der Waals surface area contributed by atoms with Crippen LogP contribution < -0.4 is 0 Å². The van der Waals surface area contributed by atoms with Gasteiger partial charge in [-0.2, -0.15) is 4.31 Å². The van der Waals surface area contributed by atoms with Crippen molar-refractivity contribution in [3.05, 3.63) is 28.2 Å². The minimum Gasteiger partial charge on any atom is -0.379 e. The quantitative estimate of drug-likeness (QED) is 0.531. The number of halogens is 3. The van der Waals surface area contributed by atoms with Gasteiger partial charge in [0.2, 0.25) is 10.0 Å². The summed E-state index contributed by atoms with van der Waals surface area (Å²) in [6.45, 7) is 1.10. The number of likely N-dealkylation sites (N-methyl/N-ethyl adjacent to an activating group) is 1. The maximum absolute atomic E-state index is 12.3. The van der Waals surface area contributed by atoms with Gasteiger partial charge in [0.1, 0.15) is 4.90 Å². The molecule has 0 fully saturated rings. The Bertz CT molecular complexity index is 525. The third-order valence-corrected chi connectivity index (χ3v) is 5.25. The lowest BCUT2D eigenvalue weighted by molar-refractivity contribution is 0.141. The van der Waals surface area contributed by atoms with Gasteiger partial charge in [0.25, 0.3) is 0 Å². The van der Waals surface area contributed by atoms with Crippen LogP contribution in [0.15, 0.2) is 23.1 Å². The topological polar surface area (TPSA) is 46.6 Å². The van der Waals surface area contributed by atoms with Crippen molar-refractivity contribution in [3.63, 3.8) is 0 Å². The van der Waals surface area contributed by atoms with Crippen molar-refractivity contribution >= 4 is 49.2 Å². The molecule has 0 spiro atoms. The number of sulfonamides is 1. The second-order valence-corrected chi connectivity index (χ2v) is 7.35. The van der Waals surface area contributed by atoms with Crippen LogP contribution >= 0.6 is 39.1 Å². The van der Waals surface area contributed by atoms with Gasteiger partial charge in [0, 0.05) is 23.9 Å². The molecule has 0 atom stereocenters. The first-order valence-electron chi connectivity index (χ1n) is 5.44. The normalized spacial score (nSPS) is 12.1. The zero-order valence-electron chi connectivity index (χ0n) is 10.3. The fourth-order valence-electron chi connectivity index (χ4n) is 1.31. The number of ether oxygens (including phenoxy) is 1. The lowest BCUT2D eigenvalue weighted by Gasteiger charge is -2.18. The second-order valence-electron chi connectivity index (χ2n) is 3.70. The highest BCUT2D eigenvalue weighted by molar-refractivity contribution is 9.09. The van der Waals surface area contributed by atoms with Crippen molar-refractivity contribution in [1.82, 2.24) is 4.31 Å². The fraction of sp³-hybridized carbons (Fsp3) is 0.455. The third kappa shape index (κ3) is 4.88. The van der Waals surface area contributed by atoms with E-state index in [1.165, 1.54) is 23.5 Å². The summed E-state index contributed by atoms with van der Waals surface area (Å²) in [6.07, 6.45) is 0. The van der Waals surface area contributed by atoms with Crippen LogP contribution in [-0.2, 0) is 14.8 Å². The molecule has 1 aromatic rings. The Morgan fingerprint density at radius 2 is 2.00 bits per heavy atom. The van der Waals surface area contributed by atoms with Crippen molar-refractivity contribution in [2.24, 2.45) is 0 Å². The van der Waals surface area contributed by atoms with Gasteiger partial charge in [-0.25, -0.2) is 8.42 Å². The first-order chi connectivity index (χ1) is 8.89. The molecule has 1 rings (SSSR count). The highest BCUT2D eigenvalue weighted by Gasteiger charge is 2.23. The van der Waals surface area contributed by atoms with Crippen molar-refractivity contribution in [2.45, 2.75) is 4.90 Å². The maximum atomic E-state index is 12.3. The van der Waals surface area contributed by atoms with E-state index in [9.17, 15) is 8.42 Å². The van der Waals surface area contributed by atoms with Gasteiger partial charge in [-0.15, -0.1) is 0 Å². The molecule has 0 N–H and O–H groups in total. The van der Waals surface area contributed by atoms with Crippen molar-refractivity contribution in [3.8, 4) is 0 Å². The Hall–Kier alpha value is 0.150. The number of rotatable bonds is 7. The Morgan fingerprint density at radius 3 is 2.63 bits per heavy atom. The lowest BCUT2D eigenvalue weighted by Crippen LogP contribution is -2.30. The van der Waals surface area contributed by atoms with Crippen LogP contribution in [0.1, 0.15) is 0 Å². The molecule has 4 nitrogen and oxygen atoms in total. The van der Waals surface area contributed by atoms with Crippen LogP contribution in [0.4, 0.5) is 0 Å². The first kappa shape index (κ1) is 17.2. The molecule has 8 heteroatoms. The Morgan fingerprint density at radius 1 is 1.32 bits per heavy atom. The molecule has 0 unspecified atom stereocenters. The molecule has 0 saturated heterocycles. The molecule has 19 heavy (non-hydrogen) atoms. The van der Waals surface area contributed by atoms with E-state index in [4.69, 9.17) is 27.9 Å². The molecule has 0 radical (unpaired) electrons. The predicted molar refractivity (Wildman–Crippen MR) is 80.9 cm³/mol. The standard InChI is InChI=1S/C11H14BrCl2NO3S/c1-15(5-7-18-6-4-12)19(16,17)11-8-9(13)2-3-10(11)14/h2-3,8H,4-7H2,1H3. The first-order valence-corrected chi connectivity index (χ1v) is 8.76. The molecule has 0 aliphatic rings. The highest BCUT2D eigenvalue weighted by atomic mass is 79.9. The molecular weight excluding hydrogens is 377 g/mol. The van der Waals surface area contributed by atoms with Crippen LogP contribution in [0.25, 0.3) is 0 Å². The summed E-state index contributed by atoms with van der Waals surface area (Å²) in [5.41, 5.74) is 0. The van der Waals surface area contributed by atoms with Crippen LogP contribution in [0.2, 0.25) is 10.0 Å². The molecule has 0 aliphatic heterocycles. The minimum atomic E-state index is -3.65. The van der Waals surface area contributed by atoms with Gasteiger partial charge in [0.05, 0.1) is 18.2 Å². The van der Waals surface area contributed by atoms with Crippen molar-refractivity contribution < 1.29 is 13.2 Å². The van der Waals surface area contributed by atoms with E-state index in [1.807, 2.05) is 0 Å². The SMILES string of the molecule is CN(CCOCCBr)S(=O)(=O)c1cc(Cl)ccc1Cl. The van der Waals surface area contributed by atoms with Crippen LogP contribution in [0.3, 0.4) is 0 Å². The predicted octanol–water partition coefficient (Wildman–Crippen LogP) is 3.03.